The Labute approximate surface area is 75.2 Å². The van der Waals surface area contributed by atoms with Crippen LogP contribution < -0.4 is 0 Å². The Morgan fingerprint density at radius 3 is 2.83 bits per heavy atom. The molecule has 0 aromatic rings. The summed E-state index contributed by atoms with van der Waals surface area (Å²) in [6, 6.07) is 2.90. The van der Waals surface area contributed by atoms with E-state index < -0.39 is 0 Å². The minimum Gasteiger partial charge on any atom is -0.299 e. The van der Waals surface area contributed by atoms with E-state index in [4.69, 9.17) is 5.26 Å². The summed E-state index contributed by atoms with van der Waals surface area (Å²) in [6.07, 6.45) is 3.33. The maximum Gasteiger partial charge on any atom is 0.0635 e. The molecule has 0 amide bonds. The molecule has 1 heterocycles. The SMILES string of the molecule is CC1CCC(C)N(CCC#N)C1. The first-order valence-electron chi connectivity index (χ1n) is 4.85. The van der Waals surface area contributed by atoms with Crippen LogP contribution in [0.2, 0.25) is 0 Å². The summed E-state index contributed by atoms with van der Waals surface area (Å²) in [5.41, 5.74) is 0. The van der Waals surface area contributed by atoms with Gasteiger partial charge < -0.3 is 0 Å². The van der Waals surface area contributed by atoms with Crippen LogP contribution >= 0.6 is 0 Å². The number of rotatable bonds is 2. The Hall–Kier alpha value is -0.550. The molecule has 2 unspecified atom stereocenters. The fourth-order valence-electron chi connectivity index (χ4n) is 1.89. The highest BCUT2D eigenvalue weighted by atomic mass is 15.2. The van der Waals surface area contributed by atoms with E-state index in [0.29, 0.717) is 12.5 Å². The highest BCUT2D eigenvalue weighted by Gasteiger charge is 2.21. The lowest BCUT2D eigenvalue weighted by Crippen LogP contribution is -2.41. The zero-order valence-electron chi connectivity index (χ0n) is 8.08. The van der Waals surface area contributed by atoms with Gasteiger partial charge in [-0.15, -0.1) is 0 Å². The lowest BCUT2D eigenvalue weighted by molar-refractivity contribution is 0.128. The summed E-state index contributed by atoms with van der Waals surface area (Å²) in [5, 5.41) is 8.47. The van der Waals surface area contributed by atoms with Gasteiger partial charge in [0.1, 0.15) is 0 Å². The Balaban J connectivity index is 2.34. The van der Waals surface area contributed by atoms with Gasteiger partial charge in [0.05, 0.1) is 6.07 Å². The molecule has 1 saturated heterocycles. The average molecular weight is 166 g/mol. The van der Waals surface area contributed by atoms with E-state index >= 15 is 0 Å². The van der Waals surface area contributed by atoms with E-state index in [1.807, 2.05) is 0 Å². The molecule has 12 heavy (non-hydrogen) atoms. The minimum atomic E-state index is 0.678. The van der Waals surface area contributed by atoms with Crippen LogP contribution in [0.15, 0.2) is 0 Å². The monoisotopic (exact) mass is 166 g/mol. The highest BCUT2D eigenvalue weighted by molar-refractivity contribution is 4.80. The molecule has 1 aliphatic rings. The van der Waals surface area contributed by atoms with Gasteiger partial charge in [0.25, 0.3) is 0 Å². The average Bonchev–Trinajstić information content (AvgIpc) is 2.07. The number of nitriles is 1. The second-order valence-electron chi connectivity index (χ2n) is 3.93. The maximum absolute atomic E-state index is 8.47. The van der Waals surface area contributed by atoms with E-state index in [1.165, 1.54) is 19.4 Å². The lowest BCUT2D eigenvalue weighted by Gasteiger charge is -2.36. The number of piperidine rings is 1. The Morgan fingerprint density at radius 1 is 1.42 bits per heavy atom. The number of nitrogens with zero attached hydrogens (tertiary/aromatic N) is 2. The minimum absolute atomic E-state index is 0.678. The molecule has 0 saturated carbocycles. The standard InChI is InChI=1S/C10H18N2/c1-9-4-5-10(2)12(8-9)7-3-6-11/h9-10H,3-5,7-8H2,1-2H3. The molecule has 0 aromatic heterocycles. The topological polar surface area (TPSA) is 27.0 Å². The summed E-state index contributed by atoms with van der Waals surface area (Å²) in [7, 11) is 0. The maximum atomic E-state index is 8.47. The lowest BCUT2D eigenvalue weighted by atomic mass is 9.95. The van der Waals surface area contributed by atoms with Crippen LogP contribution in [0.3, 0.4) is 0 Å². The molecule has 0 bridgehead atoms. The van der Waals surface area contributed by atoms with Crippen molar-refractivity contribution in [3.05, 3.63) is 0 Å². The van der Waals surface area contributed by atoms with Crippen molar-refractivity contribution in [2.75, 3.05) is 13.1 Å². The van der Waals surface area contributed by atoms with Crippen molar-refractivity contribution in [3.8, 4) is 6.07 Å². The third-order valence-corrected chi connectivity index (χ3v) is 2.76. The van der Waals surface area contributed by atoms with Crippen molar-refractivity contribution in [1.82, 2.24) is 4.90 Å². The van der Waals surface area contributed by atoms with Crippen LogP contribution in [0.4, 0.5) is 0 Å². The quantitative estimate of drug-likeness (QED) is 0.627. The fraction of sp³-hybridized carbons (Fsp3) is 0.900. The van der Waals surface area contributed by atoms with Crippen molar-refractivity contribution in [3.63, 3.8) is 0 Å². The molecule has 2 heteroatoms. The molecular formula is C10H18N2. The summed E-state index contributed by atoms with van der Waals surface area (Å²) in [6.45, 7) is 6.71. The number of likely N-dealkylation sites (tertiary alicyclic amines) is 1. The van der Waals surface area contributed by atoms with Gasteiger partial charge in [-0.1, -0.05) is 6.92 Å². The third-order valence-electron chi connectivity index (χ3n) is 2.76. The van der Waals surface area contributed by atoms with Gasteiger partial charge >= 0.3 is 0 Å². The van der Waals surface area contributed by atoms with Crippen LogP contribution in [0, 0.1) is 17.2 Å². The molecule has 0 aliphatic carbocycles. The van der Waals surface area contributed by atoms with Crippen LogP contribution in [-0.4, -0.2) is 24.0 Å². The first kappa shape index (κ1) is 9.54. The van der Waals surface area contributed by atoms with Crippen LogP contribution in [0.5, 0.6) is 0 Å². The Kier molecular flexibility index (Phi) is 3.55. The fourth-order valence-corrected chi connectivity index (χ4v) is 1.89. The van der Waals surface area contributed by atoms with E-state index in [1.54, 1.807) is 0 Å². The van der Waals surface area contributed by atoms with Gasteiger partial charge in [-0.2, -0.15) is 5.26 Å². The molecular weight excluding hydrogens is 148 g/mol. The number of hydrogen-bond acceptors (Lipinski definition) is 2. The van der Waals surface area contributed by atoms with Crippen molar-refractivity contribution in [2.45, 2.75) is 39.2 Å². The van der Waals surface area contributed by atoms with Crippen LogP contribution in [0.1, 0.15) is 33.1 Å². The molecule has 0 radical (unpaired) electrons. The van der Waals surface area contributed by atoms with Gasteiger partial charge in [-0.05, 0) is 25.7 Å². The molecule has 2 nitrogen and oxygen atoms in total. The van der Waals surface area contributed by atoms with Gasteiger partial charge in [0.15, 0.2) is 0 Å². The van der Waals surface area contributed by atoms with Gasteiger partial charge in [0.2, 0.25) is 0 Å². The van der Waals surface area contributed by atoms with Crippen molar-refractivity contribution in [1.29, 1.82) is 5.26 Å². The second-order valence-corrected chi connectivity index (χ2v) is 3.93. The first-order valence-corrected chi connectivity index (χ1v) is 4.85. The molecule has 0 N–H and O–H groups in total. The molecule has 0 spiro atoms. The van der Waals surface area contributed by atoms with E-state index in [2.05, 4.69) is 24.8 Å². The normalized spacial score (nSPS) is 31.4. The zero-order chi connectivity index (χ0) is 8.97. The van der Waals surface area contributed by atoms with Gasteiger partial charge in [-0.3, -0.25) is 4.90 Å². The van der Waals surface area contributed by atoms with Gasteiger partial charge in [-0.25, -0.2) is 0 Å². The third kappa shape index (κ3) is 2.49. The number of hydrogen-bond donors (Lipinski definition) is 0. The largest absolute Gasteiger partial charge is 0.299 e. The van der Waals surface area contributed by atoms with E-state index in [-0.39, 0.29) is 0 Å². The van der Waals surface area contributed by atoms with Gasteiger partial charge in [0, 0.05) is 25.6 Å². The summed E-state index contributed by atoms with van der Waals surface area (Å²) in [4.78, 5) is 2.44. The highest BCUT2D eigenvalue weighted by Crippen LogP contribution is 2.20. The van der Waals surface area contributed by atoms with Crippen molar-refractivity contribution in [2.24, 2.45) is 5.92 Å². The van der Waals surface area contributed by atoms with Crippen LogP contribution in [0.25, 0.3) is 0 Å². The van der Waals surface area contributed by atoms with E-state index in [9.17, 15) is 0 Å². The predicted molar refractivity (Wildman–Crippen MR) is 49.7 cm³/mol. The first-order chi connectivity index (χ1) is 5.74. The molecule has 2 atom stereocenters. The summed E-state index contributed by atoms with van der Waals surface area (Å²) >= 11 is 0. The molecule has 1 aliphatic heterocycles. The molecule has 1 fully saturated rings. The van der Waals surface area contributed by atoms with E-state index in [0.717, 1.165) is 12.5 Å². The van der Waals surface area contributed by atoms with Crippen LogP contribution in [-0.2, 0) is 0 Å². The van der Waals surface area contributed by atoms with Crippen molar-refractivity contribution >= 4 is 0 Å². The van der Waals surface area contributed by atoms with Crippen molar-refractivity contribution < 1.29 is 0 Å². The predicted octanol–water partition coefficient (Wildman–Crippen LogP) is 2.02. The molecule has 68 valence electrons. The summed E-state index contributed by atoms with van der Waals surface area (Å²) < 4.78 is 0. The Bertz CT molecular complexity index is 171. The molecule has 0 aromatic carbocycles. The second kappa shape index (κ2) is 4.47. The Morgan fingerprint density at radius 2 is 2.17 bits per heavy atom. The molecule has 1 rings (SSSR count). The summed E-state index contributed by atoms with van der Waals surface area (Å²) in [5.74, 6) is 0.819. The smallest absolute Gasteiger partial charge is 0.0635 e. The zero-order valence-corrected chi connectivity index (χ0v) is 8.08.